The van der Waals surface area contributed by atoms with Crippen LogP contribution in [0.1, 0.15) is 6.92 Å². The standard InChI is InChI=1S/C9H13N3O/c1-2-13-9-8(10)7-5-3-4-6-12(7)11-9/h3-6,9,11H,2,10H2,1H3. The zero-order valence-corrected chi connectivity index (χ0v) is 7.53. The second-order valence-corrected chi connectivity index (χ2v) is 2.88. The maximum atomic E-state index is 5.88. The molecular weight excluding hydrogens is 166 g/mol. The molecule has 0 aliphatic carbocycles. The van der Waals surface area contributed by atoms with Gasteiger partial charge in [-0.25, -0.2) is 0 Å². The van der Waals surface area contributed by atoms with E-state index in [1.165, 1.54) is 0 Å². The summed E-state index contributed by atoms with van der Waals surface area (Å²) in [5, 5.41) is 1.87. The van der Waals surface area contributed by atoms with Crippen LogP contribution in [0.5, 0.6) is 0 Å². The molecule has 3 N–H and O–H groups in total. The summed E-state index contributed by atoms with van der Waals surface area (Å²) in [6.45, 7) is 2.59. The number of nitrogens with two attached hydrogens (primary N) is 1. The van der Waals surface area contributed by atoms with Crippen molar-refractivity contribution in [1.29, 1.82) is 0 Å². The zero-order valence-electron chi connectivity index (χ0n) is 7.53. The molecule has 1 atom stereocenters. The summed E-state index contributed by atoms with van der Waals surface area (Å²) in [7, 11) is 0. The summed E-state index contributed by atoms with van der Waals surface area (Å²) in [4.78, 5) is 0. The molecule has 13 heavy (non-hydrogen) atoms. The van der Waals surface area contributed by atoms with Gasteiger partial charge < -0.3 is 10.5 Å². The van der Waals surface area contributed by atoms with Gasteiger partial charge >= 0.3 is 0 Å². The van der Waals surface area contributed by atoms with Crippen molar-refractivity contribution in [1.82, 2.24) is 10.4 Å². The lowest BCUT2D eigenvalue weighted by molar-refractivity contribution is 0.0442. The van der Waals surface area contributed by atoms with Crippen LogP contribution in [0, 0.1) is 0 Å². The van der Waals surface area contributed by atoms with Crippen LogP contribution in [0.4, 0.5) is 0 Å². The lowest BCUT2D eigenvalue weighted by atomic mass is 10.2. The summed E-state index contributed by atoms with van der Waals surface area (Å²) in [5.74, 6) is 0. The van der Waals surface area contributed by atoms with E-state index in [-0.39, 0.29) is 6.23 Å². The summed E-state index contributed by atoms with van der Waals surface area (Å²) in [6.07, 6.45) is 7.59. The second-order valence-electron chi connectivity index (χ2n) is 2.88. The van der Waals surface area contributed by atoms with Crippen LogP contribution in [0.25, 0.3) is 0 Å². The fourth-order valence-electron chi connectivity index (χ4n) is 1.41. The fraction of sp³-hybridized carbons (Fsp3) is 0.333. The van der Waals surface area contributed by atoms with Crippen molar-refractivity contribution in [3.63, 3.8) is 0 Å². The fourth-order valence-corrected chi connectivity index (χ4v) is 1.41. The summed E-state index contributed by atoms with van der Waals surface area (Å²) >= 11 is 0. The van der Waals surface area contributed by atoms with Crippen molar-refractivity contribution in [3.05, 3.63) is 35.8 Å². The smallest absolute Gasteiger partial charge is 0.167 e. The quantitative estimate of drug-likeness (QED) is 0.645. The molecule has 0 aromatic carbocycles. The molecule has 1 unspecified atom stereocenters. The third kappa shape index (κ3) is 1.34. The highest BCUT2D eigenvalue weighted by atomic mass is 16.5. The lowest BCUT2D eigenvalue weighted by Crippen LogP contribution is -2.37. The Morgan fingerprint density at radius 1 is 1.62 bits per heavy atom. The van der Waals surface area contributed by atoms with Gasteiger partial charge in [-0.1, -0.05) is 6.08 Å². The van der Waals surface area contributed by atoms with Crippen molar-refractivity contribution in [2.75, 3.05) is 6.61 Å². The first-order valence-electron chi connectivity index (χ1n) is 4.34. The molecule has 2 rings (SSSR count). The SMILES string of the molecule is CCOC1NN2C=CC=CC2=C1N. The predicted octanol–water partition coefficient (Wildman–Crippen LogP) is 0.423. The Balaban J connectivity index is 2.20. The van der Waals surface area contributed by atoms with Crippen molar-refractivity contribution in [3.8, 4) is 0 Å². The molecule has 0 aromatic rings. The largest absolute Gasteiger partial charge is 0.397 e. The molecule has 0 radical (unpaired) electrons. The minimum Gasteiger partial charge on any atom is -0.397 e. The summed E-state index contributed by atoms with van der Waals surface area (Å²) in [5.41, 5.74) is 10.7. The third-order valence-corrected chi connectivity index (χ3v) is 2.03. The molecule has 4 nitrogen and oxygen atoms in total. The molecule has 0 spiro atoms. The van der Waals surface area contributed by atoms with Gasteiger partial charge in [0, 0.05) is 12.8 Å². The van der Waals surface area contributed by atoms with Crippen molar-refractivity contribution in [2.24, 2.45) is 5.73 Å². The molecular formula is C9H13N3O. The van der Waals surface area contributed by atoms with Crippen LogP contribution >= 0.6 is 0 Å². The Hall–Kier alpha value is -1.26. The molecule has 0 saturated carbocycles. The highest BCUT2D eigenvalue weighted by molar-refractivity contribution is 5.34. The van der Waals surface area contributed by atoms with Crippen LogP contribution in [0.2, 0.25) is 0 Å². The number of allylic oxidation sites excluding steroid dienone is 3. The summed E-state index contributed by atoms with van der Waals surface area (Å²) < 4.78 is 5.40. The second kappa shape index (κ2) is 3.24. The first-order valence-corrected chi connectivity index (χ1v) is 4.34. The molecule has 2 aliphatic rings. The maximum Gasteiger partial charge on any atom is 0.167 e. The van der Waals surface area contributed by atoms with Gasteiger partial charge in [0.25, 0.3) is 0 Å². The van der Waals surface area contributed by atoms with Gasteiger partial charge in [0.05, 0.1) is 11.4 Å². The number of hydrazine groups is 1. The van der Waals surface area contributed by atoms with Crippen molar-refractivity contribution < 1.29 is 4.74 Å². The molecule has 2 heterocycles. The first-order chi connectivity index (χ1) is 6.33. The van der Waals surface area contributed by atoms with Crippen LogP contribution in [0.15, 0.2) is 35.8 Å². The predicted molar refractivity (Wildman–Crippen MR) is 49.9 cm³/mol. The van der Waals surface area contributed by atoms with E-state index in [9.17, 15) is 0 Å². The number of hydrogen-bond acceptors (Lipinski definition) is 4. The van der Waals surface area contributed by atoms with Gasteiger partial charge in [-0.05, 0) is 19.1 Å². The zero-order chi connectivity index (χ0) is 9.26. The number of nitrogens with one attached hydrogen (secondary N) is 1. The number of ether oxygens (including phenoxy) is 1. The van der Waals surface area contributed by atoms with E-state index < -0.39 is 0 Å². The molecule has 0 aromatic heterocycles. The summed E-state index contributed by atoms with van der Waals surface area (Å²) in [6, 6.07) is 0. The van der Waals surface area contributed by atoms with E-state index in [2.05, 4.69) is 5.43 Å². The van der Waals surface area contributed by atoms with E-state index >= 15 is 0 Å². The lowest BCUT2D eigenvalue weighted by Gasteiger charge is -2.18. The van der Waals surface area contributed by atoms with E-state index in [1.54, 1.807) is 0 Å². The van der Waals surface area contributed by atoms with Gasteiger partial charge in [-0.2, -0.15) is 5.43 Å². The molecule has 0 saturated heterocycles. The first kappa shape index (κ1) is 8.34. The Morgan fingerprint density at radius 3 is 3.15 bits per heavy atom. The van der Waals surface area contributed by atoms with Crippen LogP contribution in [-0.4, -0.2) is 17.8 Å². The van der Waals surface area contributed by atoms with Gasteiger partial charge in [-0.3, -0.25) is 5.01 Å². The Kier molecular flexibility index (Phi) is 2.08. The molecule has 2 aliphatic heterocycles. The monoisotopic (exact) mass is 179 g/mol. The Bertz CT molecular complexity index is 293. The highest BCUT2D eigenvalue weighted by Crippen LogP contribution is 2.21. The van der Waals surface area contributed by atoms with Crippen LogP contribution < -0.4 is 11.2 Å². The number of hydrogen-bond donors (Lipinski definition) is 2. The normalized spacial score (nSPS) is 25.6. The van der Waals surface area contributed by atoms with Gasteiger partial charge in [0.2, 0.25) is 0 Å². The molecule has 0 bridgehead atoms. The van der Waals surface area contributed by atoms with Gasteiger partial charge in [0.1, 0.15) is 0 Å². The van der Waals surface area contributed by atoms with Crippen molar-refractivity contribution >= 4 is 0 Å². The Labute approximate surface area is 77.3 Å². The third-order valence-electron chi connectivity index (χ3n) is 2.03. The number of rotatable bonds is 2. The molecule has 4 heteroatoms. The minimum absolute atomic E-state index is 0.188. The van der Waals surface area contributed by atoms with Crippen LogP contribution in [0.3, 0.4) is 0 Å². The van der Waals surface area contributed by atoms with Gasteiger partial charge in [-0.15, -0.1) is 0 Å². The number of fused-ring (bicyclic) bond motifs is 1. The van der Waals surface area contributed by atoms with E-state index in [1.807, 2.05) is 36.4 Å². The number of nitrogens with zero attached hydrogens (tertiary/aromatic N) is 1. The average molecular weight is 179 g/mol. The molecule has 70 valence electrons. The van der Waals surface area contributed by atoms with E-state index in [0.29, 0.717) is 6.61 Å². The van der Waals surface area contributed by atoms with Crippen LogP contribution in [-0.2, 0) is 4.74 Å². The van der Waals surface area contributed by atoms with Crippen molar-refractivity contribution in [2.45, 2.75) is 13.2 Å². The molecule has 0 fully saturated rings. The highest BCUT2D eigenvalue weighted by Gasteiger charge is 2.27. The Morgan fingerprint density at radius 2 is 2.46 bits per heavy atom. The van der Waals surface area contributed by atoms with E-state index in [4.69, 9.17) is 10.5 Å². The van der Waals surface area contributed by atoms with E-state index in [0.717, 1.165) is 11.4 Å². The maximum absolute atomic E-state index is 5.88. The minimum atomic E-state index is -0.188. The molecule has 0 amide bonds. The average Bonchev–Trinajstić information content (AvgIpc) is 2.46. The van der Waals surface area contributed by atoms with Gasteiger partial charge in [0.15, 0.2) is 6.23 Å². The topological polar surface area (TPSA) is 50.5 Å².